The maximum absolute atomic E-state index is 6.31. The first-order valence-electron chi connectivity index (χ1n) is 7.80. The van der Waals surface area contributed by atoms with Crippen LogP contribution in [-0.2, 0) is 4.74 Å². The van der Waals surface area contributed by atoms with Crippen molar-refractivity contribution in [3.8, 4) is 0 Å². The van der Waals surface area contributed by atoms with Gasteiger partial charge in [0.15, 0.2) is 0 Å². The molecule has 1 saturated heterocycles. The highest BCUT2D eigenvalue weighted by Gasteiger charge is 2.30. The summed E-state index contributed by atoms with van der Waals surface area (Å²) in [6.07, 6.45) is 2.72. The quantitative estimate of drug-likeness (QED) is 0.898. The minimum absolute atomic E-state index is 0.122. The van der Waals surface area contributed by atoms with Crippen LogP contribution < -0.4 is 5.73 Å². The van der Waals surface area contributed by atoms with Crippen LogP contribution in [0.4, 0.5) is 0 Å². The molecule has 0 radical (unpaired) electrons. The van der Waals surface area contributed by atoms with Crippen molar-refractivity contribution in [2.75, 3.05) is 19.7 Å². The first-order chi connectivity index (χ1) is 9.63. The predicted octanol–water partition coefficient (Wildman–Crippen LogP) is 2.88. The first kappa shape index (κ1) is 15.5. The lowest BCUT2D eigenvalue weighted by Gasteiger charge is -2.40. The van der Waals surface area contributed by atoms with Crippen LogP contribution in [0.25, 0.3) is 0 Å². The highest BCUT2D eigenvalue weighted by Crippen LogP contribution is 2.29. The molecule has 112 valence electrons. The zero-order chi connectivity index (χ0) is 14.5. The standard InChI is InChI=1S/C17H28N2O/c1-4-20-15-9-7-11-19(12-15)17(14(3)18)16-10-6-5-8-13(16)2/h5-6,8,10,14-15,17H,4,7,9,11-12,18H2,1-3H3. The van der Waals surface area contributed by atoms with Crippen molar-refractivity contribution < 1.29 is 4.74 Å². The van der Waals surface area contributed by atoms with Gasteiger partial charge in [-0.25, -0.2) is 0 Å². The van der Waals surface area contributed by atoms with Crippen molar-refractivity contribution in [1.29, 1.82) is 0 Å². The number of nitrogens with two attached hydrogens (primary N) is 1. The summed E-state index contributed by atoms with van der Waals surface area (Å²) in [5, 5.41) is 0. The molecule has 0 amide bonds. The van der Waals surface area contributed by atoms with Crippen LogP contribution in [0.5, 0.6) is 0 Å². The molecule has 2 rings (SSSR count). The summed E-state index contributed by atoms with van der Waals surface area (Å²) in [7, 11) is 0. The normalized spacial score (nSPS) is 23.5. The first-order valence-corrected chi connectivity index (χ1v) is 7.80. The zero-order valence-electron chi connectivity index (χ0n) is 13.0. The molecule has 0 aromatic heterocycles. The lowest BCUT2D eigenvalue weighted by molar-refractivity contribution is -0.0107. The summed E-state index contributed by atoms with van der Waals surface area (Å²) in [6.45, 7) is 9.27. The van der Waals surface area contributed by atoms with E-state index < -0.39 is 0 Å². The highest BCUT2D eigenvalue weighted by molar-refractivity contribution is 5.30. The second kappa shape index (κ2) is 7.21. The van der Waals surface area contributed by atoms with Crippen LogP contribution in [0.2, 0.25) is 0 Å². The molecule has 0 bridgehead atoms. The molecule has 1 heterocycles. The number of nitrogens with zero attached hydrogens (tertiary/aromatic N) is 1. The molecule has 1 aromatic carbocycles. The van der Waals surface area contributed by atoms with E-state index >= 15 is 0 Å². The lowest BCUT2D eigenvalue weighted by atomic mass is 9.93. The average molecular weight is 276 g/mol. The number of piperidine rings is 1. The number of benzene rings is 1. The lowest BCUT2D eigenvalue weighted by Crippen LogP contribution is -2.47. The van der Waals surface area contributed by atoms with Gasteiger partial charge in [0.25, 0.3) is 0 Å². The maximum Gasteiger partial charge on any atom is 0.0702 e. The Morgan fingerprint density at radius 1 is 1.40 bits per heavy atom. The van der Waals surface area contributed by atoms with E-state index in [1.165, 1.54) is 24.0 Å². The highest BCUT2D eigenvalue weighted by atomic mass is 16.5. The molecular formula is C17H28N2O. The maximum atomic E-state index is 6.31. The fourth-order valence-electron chi connectivity index (χ4n) is 3.32. The number of ether oxygens (including phenoxy) is 1. The second-order valence-electron chi connectivity index (χ2n) is 5.88. The van der Waals surface area contributed by atoms with Crippen LogP contribution in [-0.4, -0.2) is 36.7 Å². The van der Waals surface area contributed by atoms with Gasteiger partial charge >= 0.3 is 0 Å². The minimum atomic E-state index is 0.122. The molecule has 1 aliphatic rings. The number of rotatable bonds is 5. The van der Waals surface area contributed by atoms with E-state index in [1.54, 1.807) is 0 Å². The van der Waals surface area contributed by atoms with Crippen LogP contribution >= 0.6 is 0 Å². The summed E-state index contributed by atoms with van der Waals surface area (Å²) in [5.74, 6) is 0. The Kier molecular flexibility index (Phi) is 5.58. The number of aryl methyl sites for hydroxylation is 1. The van der Waals surface area contributed by atoms with Gasteiger partial charge in [-0.3, -0.25) is 4.90 Å². The minimum Gasteiger partial charge on any atom is -0.377 e. The van der Waals surface area contributed by atoms with Crippen LogP contribution in [0.3, 0.4) is 0 Å². The largest absolute Gasteiger partial charge is 0.377 e. The van der Waals surface area contributed by atoms with Crippen LogP contribution in [0.15, 0.2) is 24.3 Å². The van der Waals surface area contributed by atoms with Crippen molar-refractivity contribution in [3.05, 3.63) is 35.4 Å². The molecule has 20 heavy (non-hydrogen) atoms. The van der Waals surface area contributed by atoms with E-state index in [9.17, 15) is 0 Å². The van der Waals surface area contributed by atoms with Gasteiger partial charge in [0.1, 0.15) is 0 Å². The van der Waals surface area contributed by atoms with E-state index in [0.717, 1.165) is 19.7 Å². The fourth-order valence-corrected chi connectivity index (χ4v) is 3.32. The molecule has 3 atom stereocenters. The van der Waals surface area contributed by atoms with Crippen LogP contribution in [0.1, 0.15) is 43.9 Å². The molecule has 3 heteroatoms. The Bertz CT molecular complexity index is 417. The van der Waals surface area contributed by atoms with Gasteiger partial charge in [-0.2, -0.15) is 0 Å². The third kappa shape index (κ3) is 3.60. The van der Waals surface area contributed by atoms with Gasteiger partial charge in [-0.15, -0.1) is 0 Å². The SMILES string of the molecule is CCOC1CCCN(C(c2ccccc2C)C(C)N)C1. The van der Waals surface area contributed by atoms with E-state index in [2.05, 4.69) is 49.9 Å². The van der Waals surface area contributed by atoms with E-state index in [-0.39, 0.29) is 6.04 Å². The third-order valence-corrected chi connectivity index (χ3v) is 4.21. The monoisotopic (exact) mass is 276 g/mol. The van der Waals surface area contributed by atoms with Gasteiger partial charge in [0.2, 0.25) is 0 Å². The smallest absolute Gasteiger partial charge is 0.0702 e. The van der Waals surface area contributed by atoms with Crippen molar-refractivity contribution in [2.45, 2.75) is 51.8 Å². The van der Waals surface area contributed by atoms with Gasteiger partial charge in [-0.1, -0.05) is 24.3 Å². The number of hydrogen-bond acceptors (Lipinski definition) is 3. The Labute approximate surface area is 123 Å². The Hall–Kier alpha value is -0.900. The van der Waals surface area contributed by atoms with E-state index in [4.69, 9.17) is 10.5 Å². The van der Waals surface area contributed by atoms with Gasteiger partial charge in [0, 0.05) is 25.2 Å². The molecule has 2 N–H and O–H groups in total. The summed E-state index contributed by atoms with van der Waals surface area (Å²) in [5.41, 5.74) is 8.99. The van der Waals surface area contributed by atoms with Crippen molar-refractivity contribution in [3.63, 3.8) is 0 Å². The summed E-state index contributed by atoms with van der Waals surface area (Å²) in [4.78, 5) is 2.51. The molecule has 0 spiro atoms. The average Bonchev–Trinajstić information content (AvgIpc) is 2.42. The van der Waals surface area contributed by atoms with Gasteiger partial charge in [0.05, 0.1) is 6.10 Å². The summed E-state index contributed by atoms with van der Waals surface area (Å²) >= 11 is 0. The molecule has 1 fully saturated rings. The van der Waals surface area contributed by atoms with Crippen molar-refractivity contribution >= 4 is 0 Å². The molecule has 0 aliphatic carbocycles. The van der Waals surface area contributed by atoms with E-state index in [0.29, 0.717) is 12.1 Å². The Balaban J connectivity index is 2.18. The molecule has 0 saturated carbocycles. The van der Waals surface area contributed by atoms with Crippen LogP contribution in [0, 0.1) is 6.92 Å². The number of hydrogen-bond donors (Lipinski definition) is 1. The van der Waals surface area contributed by atoms with Crippen molar-refractivity contribution in [2.24, 2.45) is 5.73 Å². The molecular weight excluding hydrogens is 248 g/mol. The van der Waals surface area contributed by atoms with Gasteiger partial charge < -0.3 is 10.5 Å². The molecule has 3 nitrogen and oxygen atoms in total. The third-order valence-electron chi connectivity index (χ3n) is 4.21. The summed E-state index contributed by atoms with van der Waals surface area (Å²) in [6, 6.07) is 9.01. The fraction of sp³-hybridized carbons (Fsp3) is 0.647. The molecule has 1 aromatic rings. The molecule has 3 unspecified atom stereocenters. The van der Waals surface area contributed by atoms with E-state index in [1.807, 2.05) is 0 Å². The van der Waals surface area contributed by atoms with Gasteiger partial charge in [-0.05, 0) is 51.3 Å². The number of likely N-dealkylation sites (tertiary alicyclic amines) is 1. The molecule has 1 aliphatic heterocycles. The topological polar surface area (TPSA) is 38.5 Å². The Morgan fingerprint density at radius 3 is 2.80 bits per heavy atom. The second-order valence-corrected chi connectivity index (χ2v) is 5.88. The summed E-state index contributed by atoms with van der Waals surface area (Å²) < 4.78 is 5.83. The van der Waals surface area contributed by atoms with Crippen molar-refractivity contribution in [1.82, 2.24) is 4.90 Å². The Morgan fingerprint density at radius 2 is 2.15 bits per heavy atom. The zero-order valence-corrected chi connectivity index (χ0v) is 13.0. The predicted molar refractivity (Wildman–Crippen MR) is 83.8 cm³/mol.